The summed E-state index contributed by atoms with van der Waals surface area (Å²) in [6.07, 6.45) is -0.145. The van der Waals surface area contributed by atoms with Crippen LogP contribution in [0.2, 0.25) is 0 Å². The molecular formula is C9H10O4S. The lowest BCUT2D eigenvalue weighted by atomic mass is 10.3. The molecule has 1 aromatic carbocycles. The number of hydrogen-bond donors (Lipinski definition) is 1. The Labute approximate surface area is 82.1 Å². The number of phenols is 1. The molecule has 0 saturated carbocycles. The highest BCUT2D eigenvalue weighted by Gasteiger charge is 2.30. The van der Waals surface area contributed by atoms with Crippen LogP contribution in [-0.2, 0) is 14.6 Å². The lowest BCUT2D eigenvalue weighted by molar-refractivity contribution is 0.422. The van der Waals surface area contributed by atoms with Crippen LogP contribution in [0.15, 0.2) is 29.2 Å². The molecule has 76 valence electrons. The van der Waals surface area contributed by atoms with Gasteiger partial charge in [-0.1, -0.05) is 0 Å². The Kier molecular flexibility index (Phi) is 2.20. The Bertz CT molecular complexity index is 417. The van der Waals surface area contributed by atoms with Crippen LogP contribution in [0.3, 0.4) is 0 Å². The largest absolute Gasteiger partial charge is 0.508 e. The van der Waals surface area contributed by atoms with Gasteiger partial charge in [0.1, 0.15) is 5.75 Å². The highest BCUT2D eigenvalue weighted by molar-refractivity contribution is 7.91. The van der Waals surface area contributed by atoms with E-state index < -0.39 is 9.84 Å². The molecule has 1 fully saturated rings. The number of rotatable bonds is 3. The number of benzene rings is 1. The van der Waals surface area contributed by atoms with E-state index in [1.165, 1.54) is 24.3 Å². The lowest BCUT2D eigenvalue weighted by Crippen LogP contribution is -2.11. The van der Waals surface area contributed by atoms with E-state index >= 15 is 0 Å². The molecule has 0 aliphatic carbocycles. The topological polar surface area (TPSA) is 66.9 Å². The zero-order valence-corrected chi connectivity index (χ0v) is 8.20. The predicted octanol–water partition coefficient (Wildman–Crippen LogP) is 0.565. The van der Waals surface area contributed by atoms with Gasteiger partial charge in [-0.25, -0.2) is 8.42 Å². The zero-order valence-electron chi connectivity index (χ0n) is 7.38. The fourth-order valence-corrected chi connectivity index (χ4v) is 2.58. The third-order valence-corrected chi connectivity index (χ3v) is 3.80. The molecule has 0 radical (unpaired) electrons. The first-order valence-corrected chi connectivity index (χ1v) is 5.86. The molecule has 1 aliphatic rings. The number of ether oxygens (including phenoxy) is 1. The molecule has 1 unspecified atom stereocenters. The molecule has 1 saturated heterocycles. The van der Waals surface area contributed by atoms with Gasteiger partial charge >= 0.3 is 0 Å². The second-order valence-corrected chi connectivity index (χ2v) is 5.26. The van der Waals surface area contributed by atoms with Gasteiger partial charge in [0.15, 0.2) is 9.84 Å². The van der Waals surface area contributed by atoms with Crippen molar-refractivity contribution in [3.63, 3.8) is 0 Å². The van der Waals surface area contributed by atoms with Crippen molar-refractivity contribution in [1.29, 1.82) is 0 Å². The van der Waals surface area contributed by atoms with E-state index in [0.29, 0.717) is 6.61 Å². The molecule has 0 aromatic heterocycles. The van der Waals surface area contributed by atoms with E-state index in [1.54, 1.807) is 0 Å². The maximum atomic E-state index is 11.6. The lowest BCUT2D eigenvalue weighted by Gasteiger charge is -2.01. The minimum absolute atomic E-state index is 0.0256. The molecule has 1 aromatic rings. The summed E-state index contributed by atoms with van der Waals surface area (Å²) in [4.78, 5) is 0.228. The number of aromatic hydroxyl groups is 1. The van der Waals surface area contributed by atoms with Crippen molar-refractivity contribution >= 4 is 9.84 Å². The first-order valence-electron chi connectivity index (χ1n) is 4.21. The van der Waals surface area contributed by atoms with E-state index in [9.17, 15) is 8.42 Å². The minimum atomic E-state index is -3.25. The van der Waals surface area contributed by atoms with Crippen molar-refractivity contribution in [2.45, 2.75) is 11.0 Å². The molecule has 0 amide bonds. The van der Waals surface area contributed by atoms with E-state index in [2.05, 4.69) is 0 Å². The van der Waals surface area contributed by atoms with Gasteiger partial charge < -0.3 is 9.84 Å². The van der Waals surface area contributed by atoms with Crippen molar-refractivity contribution in [2.75, 3.05) is 12.4 Å². The number of sulfone groups is 1. The van der Waals surface area contributed by atoms with Crippen LogP contribution in [0, 0.1) is 0 Å². The van der Waals surface area contributed by atoms with Crippen molar-refractivity contribution in [3.8, 4) is 5.75 Å². The summed E-state index contributed by atoms with van der Waals surface area (Å²) in [6.45, 7) is 0.525. The van der Waals surface area contributed by atoms with E-state index in [4.69, 9.17) is 9.84 Å². The summed E-state index contributed by atoms with van der Waals surface area (Å²) in [5, 5.41) is 9.00. The summed E-state index contributed by atoms with van der Waals surface area (Å²) in [7, 11) is -3.25. The third-order valence-electron chi connectivity index (χ3n) is 2.00. The Morgan fingerprint density at radius 1 is 1.36 bits per heavy atom. The molecule has 1 N–H and O–H groups in total. The van der Waals surface area contributed by atoms with Crippen LogP contribution < -0.4 is 0 Å². The average Bonchev–Trinajstić information content (AvgIpc) is 2.88. The van der Waals surface area contributed by atoms with E-state index in [0.717, 1.165) is 0 Å². The van der Waals surface area contributed by atoms with Crippen molar-refractivity contribution in [2.24, 2.45) is 0 Å². The Morgan fingerprint density at radius 3 is 2.43 bits per heavy atom. The number of epoxide rings is 1. The van der Waals surface area contributed by atoms with Crippen molar-refractivity contribution in [3.05, 3.63) is 24.3 Å². The minimum Gasteiger partial charge on any atom is -0.508 e. The molecule has 0 spiro atoms. The van der Waals surface area contributed by atoms with Crippen LogP contribution in [0.1, 0.15) is 0 Å². The fraction of sp³-hybridized carbons (Fsp3) is 0.333. The van der Waals surface area contributed by atoms with Crippen LogP contribution in [0.25, 0.3) is 0 Å². The number of phenolic OH excluding ortho intramolecular Hbond substituents is 1. The Balaban J connectivity index is 2.24. The standard InChI is InChI=1S/C9H10O4S/c10-7-1-3-9(4-2-7)14(11,12)6-8-5-13-8/h1-4,8,10H,5-6H2. The van der Waals surface area contributed by atoms with Crippen LogP contribution >= 0.6 is 0 Å². The van der Waals surface area contributed by atoms with Crippen LogP contribution in [0.4, 0.5) is 0 Å². The molecule has 5 heteroatoms. The van der Waals surface area contributed by atoms with Gasteiger partial charge in [0.25, 0.3) is 0 Å². The summed E-state index contributed by atoms with van der Waals surface area (Å²) in [6, 6.07) is 5.52. The first kappa shape index (κ1) is 9.48. The Morgan fingerprint density at radius 2 is 1.93 bits per heavy atom. The van der Waals surface area contributed by atoms with Crippen molar-refractivity contribution in [1.82, 2.24) is 0 Å². The SMILES string of the molecule is O=S(=O)(CC1CO1)c1ccc(O)cc1. The molecule has 1 heterocycles. The second kappa shape index (κ2) is 3.25. The van der Waals surface area contributed by atoms with Gasteiger partial charge in [0.2, 0.25) is 0 Å². The average molecular weight is 214 g/mol. The summed E-state index contributed by atoms with van der Waals surface area (Å²) in [5.41, 5.74) is 0. The smallest absolute Gasteiger partial charge is 0.181 e. The van der Waals surface area contributed by atoms with Crippen LogP contribution in [0.5, 0.6) is 5.75 Å². The van der Waals surface area contributed by atoms with Gasteiger partial charge in [0.05, 0.1) is 23.4 Å². The highest BCUT2D eigenvalue weighted by Crippen LogP contribution is 2.20. The molecule has 0 bridgehead atoms. The van der Waals surface area contributed by atoms with Gasteiger partial charge in [-0.05, 0) is 24.3 Å². The Hall–Kier alpha value is -1.07. The summed E-state index contributed by atoms with van der Waals surface area (Å²) >= 11 is 0. The predicted molar refractivity (Wildman–Crippen MR) is 49.9 cm³/mol. The molecular weight excluding hydrogens is 204 g/mol. The zero-order chi connectivity index (χ0) is 10.2. The summed E-state index contributed by atoms with van der Waals surface area (Å²) < 4.78 is 28.1. The first-order chi connectivity index (χ1) is 6.58. The molecule has 1 atom stereocenters. The quantitative estimate of drug-likeness (QED) is 0.747. The summed E-state index contributed by atoms with van der Waals surface area (Å²) in [5.74, 6) is 0.0873. The fourth-order valence-electron chi connectivity index (χ4n) is 1.16. The van der Waals surface area contributed by atoms with Gasteiger partial charge in [-0.15, -0.1) is 0 Å². The molecule has 2 rings (SSSR count). The monoisotopic (exact) mass is 214 g/mol. The van der Waals surface area contributed by atoms with Gasteiger partial charge in [0, 0.05) is 0 Å². The highest BCUT2D eigenvalue weighted by atomic mass is 32.2. The van der Waals surface area contributed by atoms with E-state index in [-0.39, 0.29) is 22.5 Å². The third kappa shape index (κ3) is 2.05. The molecule has 14 heavy (non-hydrogen) atoms. The van der Waals surface area contributed by atoms with E-state index in [1.807, 2.05) is 0 Å². The molecule has 1 aliphatic heterocycles. The van der Waals surface area contributed by atoms with Crippen molar-refractivity contribution < 1.29 is 18.3 Å². The van der Waals surface area contributed by atoms with Crippen LogP contribution in [-0.4, -0.2) is 32.0 Å². The maximum Gasteiger partial charge on any atom is 0.181 e. The molecule has 4 nitrogen and oxygen atoms in total. The normalized spacial score (nSPS) is 20.7. The van der Waals surface area contributed by atoms with Gasteiger partial charge in [-0.2, -0.15) is 0 Å². The maximum absolute atomic E-state index is 11.6. The number of hydrogen-bond acceptors (Lipinski definition) is 4. The second-order valence-electron chi connectivity index (χ2n) is 3.23. The van der Waals surface area contributed by atoms with Gasteiger partial charge in [-0.3, -0.25) is 0 Å².